The van der Waals surface area contributed by atoms with Gasteiger partial charge in [0, 0.05) is 18.1 Å². The average molecular weight is 496 g/mol. The molecule has 35 heavy (non-hydrogen) atoms. The van der Waals surface area contributed by atoms with Gasteiger partial charge in [-0.15, -0.1) is 0 Å². The third kappa shape index (κ3) is 4.22. The lowest BCUT2D eigenvalue weighted by Gasteiger charge is -2.25. The number of Topliss-reactive ketones (excluding diaryl/α,β-unsaturated/α-hetero) is 1. The molecule has 0 saturated carbocycles. The average Bonchev–Trinajstić information content (AvgIpc) is 3.13. The number of ether oxygens (including phenoxy) is 2. The highest BCUT2D eigenvalue weighted by Gasteiger charge is 2.47. The summed E-state index contributed by atoms with van der Waals surface area (Å²) in [5.74, 6) is -1.89. The Kier molecular flexibility index (Phi) is 6.29. The van der Waals surface area contributed by atoms with Gasteiger partial charge in [-0.2, -0.15) is 0 Å². The lowest BCUT2D eigenvalue weighted by atomic mass is 9.95. The molecule has 0 spiro atoms. The first-order valence-electron chi connectivity index (χ1n) is 10.2. The molecule has 0 bridgehead atoms. The zero-order valence-corrected chi connectivity index (χ0v) is 19.5. The van der Waals surface area contributed by atoms with Crippen molar-refractivity contribution in [2.75, 3.05) is 19.1 Å². The number of aliphatic hydroxyl groups excluding tert-OH is 1. The van der Waals surface area contributed by atoms with E-state index < -0.39 is 33.5 Å². The summed E-state index contributed by atoms with van der Waals surface area (Å²) in [4.78, 5) is 31.6. The van der Waals surface area contributed by atoms with Crippen LogP contribution in [-0.2, 0) is 19.6 Å². The van der Waals surface area contributed by atoms with Gasteiger partial charge < -0.3 is 14.6 Å². The highest BCUT2D eigenvalue weighted by Crippen LogP contribution is 2.45. The molecule has 1 fully saturated rings. The normalized spacial score (nSPS) is 17.5. The minimum Gasteiger partial charge on any atom is -0.506 e. The topological polar surface area (TPSA) is 149 Å². The number of anilines is 1. The first-order valence-corrected chi connectivity index (χ1v) is 11.8. The Morgan fingerprint density at radius 3 is 2.14 bits per heavy atom. The summed E-state index contributed by atoms with van der Waals surface area (Å²) in [6.45, 7) is 0. The van der Waals surface area contributed by atoms with Crippen LogP contribution in [0.15, 0.2) is 77.5 Å². The van der Waals surface area contributed by atoms with E-state index in [2.05, 4.69) is 4.98 Å². The van der Waals surface area contributed by atoms with Gasteiger partial charge in [0.1, 0.15) is 22.8 Å². The molecule has 3 aromatic rings. The number of benzene rings is 2. The van der Waals surface area contributed by atoms with Crippen molar-refractivity contribution >= 4 is 33.2 Å². The summed E-state index contributed by atoms with van der Waals surface area (Å²) in [5, 5.41) is 16.6. The van der Waals surface area contributed by atoms with E-state index in [0.717, 1.165) is 0 Å². The fraction of sp³-hybridized carbons (Fsp3) is 0.125. The van der Waals surface area contributed by atoms with E-state index in [1.807, 2.05) is 0 Å². The predicted molar refractivity (Wildman–Crippen MR) is 126 cm³/mol. The number of carbonyl (C=O) groups excluding carboxylic acids is 2. The molecule has 180 valence electrons. The minimum absolute atomic E-state index is 0.106. The predicted octanol–water partition coefficient (Wildman–Crippen LogP) is 2.37. The van der Waals surface area contributed by atoms with Crippen molar-refractivity contribution in [2.45, 2.75) is 10.9 Å². The molecule has 1 amide bonds. The molecule has 11 heteroatoms. The first kappa shape index (κ1) is 23.9. The number of carbonyl (C=O) groups is 2. The second kappa shape index (κ2) is 9.20. The number of nitrogens with zero attached hydrogens (tertiary/aromatic N) is 2. The fourth-order valence-electron chi connectivity index (χ4n) is 3.97. The van der Waals surface area contributed by atoms with Gasteiger partial charge in [-0.3, -0.25) is 19.5 Å². The smallest absolute Gasteiger partial charge is 0.300 e. The molecule has 10 nitrogen and oxygen atoms in total. The SMILES string of the molecule is COc1cccc(OC)c1/C(O)=C1\C(=O)C(=O)N(c2ccc(S(N)(=O)=O)cc2)C1c1cccnc1. The van der Waals surface area contributed by atoms with Crippen molar-refractivity contribution in [3.05, 3.63) is 83.7 Å². The molecule has 1 saturated heterocycles. The molecule has 3 N–H and O–H groups in total. The number of aliphatic hydroxyl groups is 1. The number of ketones is 1. The molecule has 1 aliphatic heterocycles. The molecular weight excluding hydrogens is 474 g/mol. The van der Waals surface area contributed by atoms with Crippen LogP contribution in [0.4, 0.5) is 5.69 Å². The third-order valence-electron chi connectivity index (χ3n) is 5.55. The van der Waals surface area contributed by atoms with E-state index in [0.29, 0.717) is 5.56 Å². The van der Waals surface area contributed by atoms with Crippen LogP contribution in [0.5, 0.6) is 11.5 Å². The fourth-order valence-corrected chi connectivity index (χ4v) is 4.48. The van der Waals surface area contributed by atoms with Crippen LogP contribution >= 0.6 is 0 Å². The molecule has 1 aromatic heterocycles. The van der Waals surface area contributed by atoms with E-state index in [4.69, 9.17) is 14.6 Å². The number of aromatic nitrogens is 1. The molecular formula is C24H21N3O7S. The first-order chi connectivity index (χ1) is 16.7. The monoisotopic (exact) mass is 495 g/mol. The van der Waals surface area contributed by atoms with Crippen LogP contribution in [0, 0.1) is 0 Å². The largest absolute Gasteiger partial charge is 0.506 e. The summed E-state index contributed by atoms with van der Waals surface area (Å²) in [6, 6.07) is 12.2. The number of primary sulfonamides is 1. The number of rotatable bonds is 6. The van der Waals surface area contributed by atoms with Gasteiger partial charge in [-0.25, -0.2) is 13.6 Å². The zero-order chi connectivity index (χ0) is 25.3. The molecule has 0 radical (unpaired) electrons. The highest BCUT2D eigenvalue weighted by atomic mass is 32.2. The van der Waals surface area contributed by atoms with Crippen LogP contribution in [0.1, 0.15) is 17.2 Å². The molecule has 4 rings (SSSR count). The second-order valence-corrected chi connectivity index (χ2v) is 9.09. The van der Waals surface area contributed by atoms with Gasteiger partial charge in [0.2, 0.25) is 10.0 Å². The van der Waals surface area contributed by atoms with Crippen LogP contribution < -0.4 is 19.5 Å². The van der Waals surface area contributed by atoms with Crippen molar-refractivity contribution in [2.24, 2.45) is 5.14 Å². The van der Waals surface area contributed by atoms with Gasteiger partial charge in [-0.1, -0.05) is 12.1 Å². The van der Waals surface area contributed by atoms with Crippen molar-refractivity contribution < 1.29 is 32.6 Å². The van der Waals surface area contributed by atoms with Crippen LogP contribution in [0.3, 0.4) is 0 Å². The molecule has 2 aromatic carbocycles. The Bertz CT molecular complexity index is 1410. The minimum atomic E-state index is -3.97. The van der Waals surface area contributed by atoms with E-state index in [1.54, 1.807) is 30.3 Å². The summed E-state index contributed by atoms with van der Waals surface area (Å²) in [7, 11) is -1.17. The number of hydrogen-bond acceptors (Lipinski definition) is 8. The molecule has 1 atom stereocenters. The molecule has 0 aliphatic carbocycles. The Labute approximate surface area is 201 Å². The zero-order valence-electron chi connectivity index (χ0n) is 18.7. The number of methoxy groups -OCH3 is 2. The second-order valence-electron chi connectivity index (χ2n) is 7.53. The Morgan fingerprint density at radius 2 is 1.63 bits per heavy atom. The van der Waals surface area contributed by atoms with Crippen molar-refractivity contribution in [3.63, 3.8) is 0 Å². The van der Waals surface area contributed by atoms with Gasteiger partial charge >= 0.3 is 0 Å². The summed E-state index contributed by atoms with van der Waals surface area (Å²) >= 11 is 0. The van der Waals surface area contributed by atoms with Crippen LogP contribution in [0.25, 0.3) is 5.76 Å². The van der Waals surface area contributed by atoms with Crippen molar-refractivity contribution in [1.29, 1.82) is 0 Å². The Balaban J connectivity index is 1.97. The quantitative estimate of drug-likeness (QED) is 0.301. The van der Waals surface area contributed by atoms with Crippen molar-refractivity contribution in [3.8, 4) is 11.5 Å². The Morgan fingerprint density at radius 1 is 1.00 bits per heavy atom. The number of hydrogen-bond donors (Lipinski definition) is 2. The number of sulfonamides is 1. The molecule has 2 heterocycles. The van der Waals surface area contributed by atoms with Crippen LogP contribution in [-0.4, -0.2) is 44.4 Å². The standard InChI is InChI=1S/C24H21N3O7S/c1-33-17-6-3-7-18(34-2)19(17)22(28)20-21(14-5-4-12-26-13-14)27(24(30)23(20)29)15-8-10-16(11-9-15)35(25,31)32/h3-13,21,28H,1-2H3,(H2,25,31,32)/b22-20+. The number of amides is 1. The summed E-state index contributed by atoms with van der Waals surface area (Å²) < 4.78 is 34.0. The molecule has 1 unspecified atom stereocenters. The van der Waals surface area contributed by atoms with Gasteiger partial charge in [0.05, 0.1) is 30.7 Å². The van der Waals surface area contributed by atoms with E-state index in [1.165, 1.54) is 55.8 Å². The van der Waals surface area contributed by atoms with Gasteiger partial charge in [0.15, 0.2) is 0 Å². The van der Waals surface area contributed by atoms with Gasteiger partial charge in [-0.05, 0) is 48.0 Å². The maximum atomic E-state index is 13.3. The maximum Gasteiger partial charge on any atom is 0.300 e. The van der Waals surface area contributed by atoms with E-state index in [-0.39, 0.29) is 33.2 Å². The lowest BCUT2D eigenvalue weighted by Crippen LogP contribution is -2.29. The Hall–Kier alpha value is -4.22. The van der Waals surface area contributed by atoms with E-state index >= 15 is 0 Å². The highest BCUT2D eigenvalue weighted by molar-refractivity contribution is 7.89. The van der Waals surface area contributed by atoms with Crippen molar-refractivity contribution in [1.82, 2.24) is 4.98 Å². The number of nitrogens with two attached hydrogens (primary N) is 1. The lowest BCUT2D eigenvalue weighted by molar-refractivity contribution is -0.132. The van der Waals surface area contributed by atoms with E-state index in [9.17, 15) is 23.1 Å². The third-order valence-corrected chi connectivity index (χ3v) is 6.48. The molecule has 1 aliphatic rings. The number of pyridine rings is 1. The van der Waals surface area contributed by atoms with Gasteiger partial charge in [0.25, 0.3) is 11.7 Å². The van der Waals surface area contributed by atoms with Crippen LogP contribution in [0.2, 0.25) is 0 Å². The summed E-state index contributed by atoms with van der Waals surface area (Å²) in [5.41, 5.74) is 0.562. The maximum absolute atomic E-state index is 13.3. The summed E-state index contributed by atoms with van der Waals surface area (Å²) in [6.07, 6.45) is 2.99.